The lowest BCUT2D eigenvalue weighted by atomic mass is 10.0. The molecule has 2 amide bonds. The number of carbonyl (C=O) groups is 1. The number of nitrogens with two attached hydrogens (primary N) is 1. The zero-order valence-electron chi connectivity index (χ0n) is 10.3. The van der Waals surface area contributed by atoms with E-state index in [-0.39, 0.29) is 11.9 Å². The summed E-state index contributed by atoms with van der Waals surface area (Å²) in [5.41, 5.74) is 5.77. The molecule has 106 valence electrons. The van der Waals surface area contributed by atoms with E-state index < -0.39 is 27.3 Å². The maximum Gasteiger partial charge on any atom is 0.344 e. The summed E-state index contributed by atoms with van der Waals surface area (Å²) in [6.07, 6.45) is 2.35. The minimum Gasteiger partial charge on any atom is -0.385 e. The normalized spacial score (nSPS) is 32.1. The van der Waals surface area contributed by atoms with Gasteiger partial charge in [-0.15, -0.1) is 4.40 Å². The number of carbonyl (C=O) groups excluding carboxylic acids is 1. The number of sulfonamides is 1. The molecule has 2 aliphatic heterocycles. The molecule has 2 atom stereocenters. The molecule has 0 spiro atoms. The lowest BCUT2D eigenvalue weighted by Gasteiger charge is -2.29. The highest BCUT2D eigenvalue weighted by molar-refractivity contribution is 7.91. The van der Waals surface area contributed by atoms with Crippen LogP contribution < -0.4 is 5.73 Å². The maximum absolute atomic E-state index is 11.8. The topological polar surface area (TPSA) is 116 Å². The van der Waals surface area contributed by atoms with Crippen LogP contribution in [-0.4, -0.2) is 59.3 Å². The van der Waals surface area contributed by atoms with E-state index in [4.69, 9.17) is 5.73 Å². The van der Waals surface area contributed by atoms with Gasteiger partial charge in [-0.2, -0.15) is 0 Å². The average Bonchev–Trinajstić information content (AvgIpc) is 3.17. The number of nitrogens with zero attached hydrogens (tertiary/aromatic N) is 3. The van der Waals surface area contributed by atoms with Crippen LogP contribution in [0.25, 0.3) is 0 Å². The molecule has 2 heterocycles. The van der Waals surface area contributed by atoms with E-state index in [2.05, 4.69) is 4.40 Å². The summed E-state index contributed by atoms with van der Waals surface area (Å²) in [6, 6.07) is -1.29. The Hall–Kier alpha value is -1.35. The molecule has 1 saturated carbocycles. The van der Waals surface area contributed by atoms with Crippen LogP contribution in [0.5, 0.6) is 0 Å². The van der Waals surface area contributed by atoms with Crippen molar-refractivity contribution in [3.63, 3.8) is 0 Å². The van der Waals surface area contributed by atoms with E-state index >= 15 is 0 Å². The van der Waals surface area contributed by atoms with Crippen LogP contribution in [-0.2, 0) is 10.0 Å². The smallest absolute Gasteiger partial charge is 0.344 e. The van der Waals surface area contributed by atoms with E-state index in [9.17, 15) is 18.4 Å². The second-order valence-electron chi connectivity index (χ2n) is 5.26. The highest BCUT2D eigenvalue weighted by Crippen LogP contribution is 2.31. The molecule has 1 aliphatic carbocycles. The number of urea groups is 1. The van der Waals surface area contributed by atoms with Crippen LogP contribution in [0.4, 0.5) is 4.79 Å². The summed E-state index contributed by atoms with van der Waals surface area (Å²) in [5, 5.41) is 9.83. The molecule has 0 aromatic heterocycles. The number of piperidine rings is 1. The van der Waals surface area contributed by atoms with Crippen molar-refractivity contribution in [1.82, 2.24) is 9.96 Å². The van der Waals surface area contributed by atoms with Gasteiger partial charge in [0.15, 0.2) is 0 Å². The zero-order chi connectivity index (χ0) is 13.8. The zero-order valence-corrected chi connectivity index (χ0v) is 11.1. The first-order valence-electron chi connectivity index (χ1n) is 6.28. The van der Waals surface area contributed by atoms with Crippen LogP contribution in [0, 0.1) is 0 Å². The highest BCUT2D eigenvalue weighted by atomic mass is 32.2. The predicted molar refractivity (Wildman–Crippen MR) is 66.1 cm³/mol. The third-order valence-corrected chi connectivity index (χ3v) is 5.64. The van der Waals surface area contributed by atoms with Gasteiger partial charge in [-0.3, -0.25) is 5.21 Å². The Balaban J connectivity index is 1.82. The van der Waals surface area contributed by atoms with E-state index in [1.807, 2.05) is 0 Å². The molecule has 2 bridgehead atoms. The van der Waals surface area contributed by atoms with Gasteiger partial charge in [0, 0.05) is 6.54 Å². The Morgan fingerprint density at radius 3 is 2.63 bits per heavy atom. The predicted octanol–water partition coefficient (Wildman–Crippen LogP) is -0.506. The van der Waals surface area contributed by atoms with Crippen LogP contribution in [0.1, 0.15) is 25.7 Å². The molecule has 3 fully saturated rings. The molecular formula is C10H16N4O4S. The van der Waals surface area contributed by atoms with Crippen molar-refractivity contribution in [2.75, 3.05) is 6.54 Å². The van der Waals surface area contributed by atoms with E-state index in [0.717, 1.165) is 0 Å². The summed E-state index contributed by atoms with van der Waals surface area (Å²) in [4.78, 5) is 13.1. The molecule has 2 unspecified atom stereocenters. The fourth-order valence-electron chi connectivity index (χ4n) is 2.61. The number of amides is 2. The molecule has 8 nitrogen and oxygen atoms in total. The van der Waals surface area contributed by atoms with Crippen molar-refractivity contribution < 1.29 is 18.4 Å². The van der Waals surface area contributed by atoms with E-state index in [1.54, 1.807) is 0 Å². The Bertz CT molecular complexity index is 542. The summed E-state index contributed by atoms with van der Waals surface area (Å²) < 4.78 is 27.2. The molecular weight excluding hydrogens is 272 g/mol. The number of amidine groups is 1. The Morgan fingerprint density at radius 2 is 2.00 bits per heavy atom. The number of hydrogen-bond acceptors (Lipinski definition) is 4. The molecule has 0 aromatic rings. The van der Waals surface area contributed by atoms with Gasteiger partial charge < -0.3 is 10.6 Å². The number of hydrogen-bond donors (Lipinski definition) is 2. The first-order chi connectivity index (χ1) is 8.90. The maximum atomic E-state index is 11.8. The third-order valence-electron chi connectivity index (χ3n) is 3.86. The molecule has 0 radical (unpaired) electrons. The largest absolute Gasteiger partial charge is 0.385 e. The third kappa shape index (κ3) is 2.06. The van der Waals surface area contributed by atoms with Crippen LogP contribution >= 0.6 is 0 Å². The van der Waals surface area contributed by atoms with E-state index in [1.165, 1.54) is 4.90 Å². The number of hydroxylamine groups is 2. The van der Waals surface area contributed by atoms with Gasteiger partial charge in [-0.25, -0.2) is 18.3 Å². The lowest BCUT2D eigenvalue weighted by molar-refractivity contribution is -0.0583. The number of rotatable bonds is 3. The van der Waals surface area contributed by atoms with Crippen LogP contribution in [0.15, 0.2) is 4.40 Å². The Labute approximate surface area is 110 Å². The first-order valence-corrected chi connectivity index (χ1v) is 7.78. The highest BCUT2D eigenvalue weighted by Gasteiger charge is 2.46. The van der Waals surface area contributed by atoms with Gasteiger partial charge in [-0.05, 0) is 25.7 Å². The van der Waals surface area contributed by atoms with Crippen molar-refractivity contribution >= 4 is 21.9 Å². The minimum atomic E-state index is -3.54. The Morgan fingerprint density at radius 1 is 1.32 bits per heavy atom. The lowest BCUT2D eigenvalue weighted by Crippen LogP contribution is -2.48. The summed E-state index contributed by atoms with van der Waals surface area (Å²) in [5.74, 6) is -0.0472. The van der Waals surface area contributed by atoms with Gasteiger partial charge in [0.1, 0.15) is 5.84 Å². The first kappa shape index (κ1) is 12.7. The van der Waals surface area contributed by atoms with Crippen molar-refractivity contribution in [1.29, 1.82) is 0 Å². The SMILES string of the molecule is N/C(=N\S(=O)(=O)C1CC1)C1CCC2CN1C(=O)N2O. The number of fused-ring (bicyclic) bond motifs is 2. The average molecular weight is 288 g/mol. The summed E-state index contributed by atoms with van der Waals surface area (Å²) >= 11 is 0. The van der Waals surface area contributed by atoms with Crippen molar-refractivity contribution in [3.05, 3.63) is 0 Å². The fourth-order valence-corrected chi connectivity index (χ4v) is 3.90. The van der Waals surface area contributed by atoms with Crippen molar-refractivity contribution in [3.8, 4) is 0 Å². The van der Waals surface area contributed by atoms with Gasteiger partial charge >= 0.3 is 6.03 Å². The molecule has 2 saturated heterocycles. The summed E-state index contributed by atoms with van der Waals surface area (Å²) in [7, 11) is -3.54. The van der Waals surface area contributed by atoms with Crippen LogP contribution in [0.3, 0.4) is 0 Å². The molecule has 9 heteroatoms. The van der Waals surface area contributed by atoms with Gasteiger partial charge in [-0.1, -0.05) is 0 Å². The molecule has 3 rings (SSSR count). The summed E-state index contributed by atoms with van der Waals surface area (Å²) in [6.45, 7) is 0.361. The van der Waals surface area contributed by atoms with E-state index in [0.29, 0.717) is 37.3 Å². The van der Waals surface area contributed by atoms with Gasteiger partial charge in [0.25, 0.3) is 10.0 Å². The fraction of sp³-hybridized carbons (Fsp3) is 0.800. The van der Waals surface area contributed by atoms with Crippen molar-refractivity contribution in [2.24, 2.45) is 10.1 Å². The van der Waals surface area contributed by atoms with Crippen molar-refractivity contribution in [2.45, 2.75) is 43.0 Å². The van der Waals surface area contributed by atoms with Gasteiger partial charge in [0.2, 0.25) is 0 Å². The molecule has 0 aromatic carbocycles. The van der Waals surface area contributed by atoms with Crippen LogP contribution in [0.2, 0.25) is 0 Å². The molecule has 3 N–H and O–H groups in total. The second-order valence-corrected chi connectivity index (χ2v) is 7.14. The minimum absolute atomic E-state index is 0.0472. The standard InChI is InChI=1S/C10H16N4O4S/c11-9(12-19(17,18)7-2-3-7)8-4-1-6-5-13(8)10(15)14(6)16/h6-8,16H,1-5H2,(H2,11,12). The van der Waals surface area contributed by atoms with Gasteiger partial charge in [0.05, 0.1) is 17.3 Å². The molecule has 19 heavy (non-hydrogen) atoms. The Kier molecular flexibility index (Phi) is 2.72. The quantitative estimate of drug-likeness (QED) is 0.412. The monoisotopic (exact) mass is 288 g/mol. The molecule has 3 aliphatic rings. The second kappa shape index (κ2) is 4.07.